The molecule has 0 aromatic carbocycles. The van der Waals surface area contributed by atoms with E-state index >= 15 is 0 Å². The number of amides is 1. The van der Waals surface area contributed by atoms with Crippen LogP contribution < -0.4 is 16.6 Å². The van der Waals surface area contributed by atoms with Crippen molar-refractivity contribution < 1.29 is 4.79 Å². The molecule has 1 amide bonds. The molecule has 0 saturated heterocycles. The van der Waals surface area contributed by atoms with Gasteiger partial charge in [0.25, 0.3) is 5.91 Å². The van der Waals surface area contributed by atoms with Crippen molar-refractivity contribution in [3.8, 4) is 0 Å². The molecule has 86 valence electrons. The number of aromatic amines is 1. The number of pyridine rings is 1. The Morgan fingerprint density at radius 1 is 1.56 bits per heavy atom. The van der Waals surface area contributed by atoms with Gasteiger partial charge in [0.2, 0.25) is 5.56 Å². The summed E-state index contributed by atoms with van der Waals surface area (Å²) in [5, 5.41) is 2.75. The van der Waals surface area contributed by atoms with Crippen LogP contribution in [0.5, 0.6) is 0 Å². The molecule has 1 heterocycles. The Morgan fingerprint density at radius 2 is 2.31 bits per heavy atom. The molecule has 5 heteroatoms. The lowest BCUT2D eigenvalue weighted by Crippen LogP contribution is -2.54. The molecular weight excluding hydrogens is 206 g/mol. The van der Waals surface area contributed by atoms with E-state index in [1.807, 2.05) is 0 Å². The van der Waals surface area contributed by atoms with Gasteiger partial charge in [-0.05, 0) is 25.3 Å². The molecule has 0 aliphatic heterocycles. The second kappa shape index (κ2) is 4.09. The van der Waals surface area contributed by atoms with Gasteiger partial charge in [-0.25, -0.2) is 0 Å². The van der Waals surface area contributed by atoms with Crippen molar-refractivity contribution in [3.63, 3.8) is 0 Å². The number of nitrogens with one attached hydrogen (secondary N) is 2. The summed E-state index contributed by atoms with van der Waals surface area (Å²) in [4.78, 5) is 25.1. The van der Waals surface area contributed by atoms with Crippen molar-refractivity contribution in [2.45, 2.75) is 24.8 Å². The molecule has 16 heavy (non-hydrogen) atoms. The van der Waals surface area contributed by atoms with Crippen molar-refractivity contribution in [2.75, 3.05) is 6.54 Å². The first-order valence-electron chi connectivity index (χ1n) is 5.35. The summed E-state index contributed by atoms with van der Waals surface area (Å²) in [6, 6.07) is 2.85. The van der Waals surface area contributed by atoms with Gasteiger partial charge in [-0.2, -0.15) is 0 Å². The molecule has 1 aliphatic rings. The molecule has 0 bridgehead atoms. The molecular formula is C11H15N3O2. The lowest BCUT2D eigenvalue weighted by Gasteiger charge is -2.38. The maximum Gasteiger partial charge on any atom is 0.251 e. The number of H-pyrrole nitrogens is 1. The summed E-state index contributed by atoms with van der Waals surface area (Å²) in [5.74, 6) is -0.247. The van der Waals surface area contributed by atoms with E-state index in [-0.39, 0.29) is 17.0 Å². The van der Waals surface area contributed by atoms with Gasteiger partial charge in [-0.3, -0.25) is 9.59 Å². The van der Waals surface area contributed by atoms with E-state index in [4.69, 9.17) is 5.73 Å². The molecule has 1 aromatic rings. The van der Waals surface area contributed by atoms with Crippen LogP contribution in [0.2, 0.25) is 0 Å². The maximum absolute atomic E-state index is 11.7. The fourth-order valence-electron chi connectivity index (χ4n) is 1.75. The number of aromatic nitrogens is 1. The van der Waals surface area contributed by atoms with Gasteiger partial charge in [0, 0.05) is 29.9 Å². The molecule has 0 radical (unpaired) electrons. The minimum Gasteiger partial charge on any atom is -0.350 e. The number of hydrogen-bond donors (Lipinski definition) is 3. The zero-order valence-corrected chi connectivity index (χ0v) is 8.95. The van der Waals surface area contributed by atoms with Gasteiger partial charge in [-0.1, -0.05) is 0 Å². The summed E-state index contributed by atoms with van der Waals surface area (Å²) >= 11 is 0. The van der Waals surface area contributed by atoms with Crippen LogP contribution in [0, 0.1) is 0 Å². The fourth-order valence-corrected chi connectivity index (χ4v) is 1.75. The molecule has 0 atom stereocenters. The van der Waals surface area contributed by atoms with Crippen molar-refractivity contribution in [1.29, 1.82) is 0 Å². The molecule has 1 aliphatic carbocycles. The van der Waals surface area contributed by atoms with E-state index in [0.717, 1.165) is 19.3 Å². The third-order valence-electron chi connectivity index (χ3n) is 2.99. The van der Waals surface area contributed by atoms with Crippen LogP contribution in [-0.4, -0.2) is 23.0 Å². The van der Waals surface area contributed by atoms with Gasteiger partial charge in [0.1, 0.15) is 0 Å². The first kappa shape index (κ1) is 10.9. The Bertz CT molecular complexity index is 449. The average molecular weight is 221 g/mol. The molecule has 2 rings (SSSR count). The van der Waals surface area contributed by atoms with E-state index in [1.165, 1.54) is 12.3 Å². The fraction of sp³-hybridized carbons (Fsp3) is 0.455. The molecule has 0 spiro atoms. The van der Waals surface area contributed by atoms with Gasteiger partial charge >= 0.3 is 0 Å². The Hall–Kier alpha value is -1.62. The van der Waals surface area contributed by atoms with E-state index in [0.29, 0.717) is 12.1 Å². The van der Waals surface area contributed by atoms with Gasteiger partial charge in [-0.15, -0.1) is 0 Å². The summed E-state index contributed by atoms with van der Waals surface area (Å²) < 4.78 is 0. The van der Waals surface area contributed by atoms with Crippen LogP contribution >= 0.6 is 0 Å². The number of nitrogens with two attached hydrogens (primary N) is 1. The summed E-state index contributed by atoms with van der Waals surface area (Å²) in [6.07, 6.45) is 4.47. The number of hydrogen-bond acceptors (Lipinski definition) is 3. The summed E-state index contributed by atoms with van der Waals surface area (Å²) in [5.41, 5.74) is 5.83. The first-order chi connectivity index (χ1) is 7.59. The molecule has 0 unspecified atom stereocenters. The third-order valence-corrected chi connectivity index (χ3v) is 2.99. The second-order valence-electron chi connectivity index (χ2n) is 4.34. The van der Waals surface area contributed by atoms with Crippen LogP contribution in [0.3, 0.4) is 0 Å². The second-order valence-corrected chi connectivity index (χ2v) is 4.34. The van der Waals surface area contributed by atoms with Crippen LogP contribution in [0.4, 0.5) is 0 Å². The van der Waals surface area contributed by atoms with E-state index < -0.39 is 0 Å². The Morgan fingerprint density at radius 3 is 2.88 bits per heavy atom. The van der Waals surface area contributed by atoms with Crippen LogP contribution in [-0.2, 0) is 0 Å². The van der Waals surface area contributed by atoms with Crippen LogP contribution in [0.25, 0.3) is 0 Å². The zero-order chi connectivity index (χ0) is 11.6. The average Bonchev–Trinajstić information content (AvgIpc) is 2.23. The number of carbonyl (C=O) groups excluding carboxylic acids is 1. The monoisotopic (exact) mass is 221 g/mol. The highest BCUT2D eigenvalue weighted by molar-refractivity contribution is 5.94. The predicted octanol–water partition coefficient (Wildman–Crippen LogP) is -0.0139. The maximum atomic E-state index is 11.7. The highest BCUT2D eigenvalue weighted by atomic mass is 16.2. The van der Waals surface area contributed by atoms with E-state index in [9.17, 15) is 9.59 Å². The minimum atomic E-state index is -0.279. The SMILES string of the molecule is NC1(CNC(=O)c2cc[nH]c(=O)c2)CCC1. The molecule has 4 N–H and O–H groups in total. The standard InChI is InChI=1S/C11H15N3O2/c12-11(3-1-4-11)7-14-10(16)8-2-5-13-9(15)6-8/h2,5-6H,1,3-4,7,12H2,(H,13,15)(H,14,16). The van der Waals surface area contributed by atoms with Crippen molar-refractivity contribution in [1.82, 2.24) is 10.3 Å². The van der Waals surface area contributed by atoms with E-state index in [1.54, 1.807) is 6.07 Å². The molecule has 5 nitrogen and oxygen atoms in total. The van der Waals surface area contributed by atoms with Crippen molar-refractivity contribution >= 4 is 5.91 Å². The first-order valence-corrected chi connectivity index (χ1v) is 5.35. The Balaban J connectivity index is 1.95. The highest BCUT2D eigenvalue weighted by Crippen LogP contribution is 2.28. The minimum absolute atomic E-state index is 0.239. The normalized spacial score (nSPS) is 17.6. The highest BCUT2D eigenvalue weighted by Gasteiger charge is 2.32. The molecule has 1 fully saturated rings. The predicted molar refractivity (Wildman–Crippen MR) is 60.2 cm³/mol. The third kappa shape index (κ3) is 2.30. The Labute approximate surface area is 93.0 Å². The van der Waals surface area contributed by atoms with Gasteiger partial charge in [0.05, 0.1) is 0 Å². The smallest absolute Gasteiger partial charge is 0.251 e. The van der Waals surface area contributed by atoms with Crippen LogP contribution in [0.15, 0.2) is 23.1 Å². The number of rotatable bonds is 3. The summed E-state index contributed by atoms with van der Waals surface area (Å²) in [6.45, 7) is 0.471. The molecule has 1 aromatic heterocycles. The van der Waals surface area contributed by atoms with Gasteiger partial charge in [0.15, 0.2) is 0 Å². The Kier molecular flexibility index (Phi) is 2.78. The summed E-state index contributed by atoms with van der Waals surface area (Å²) in [7, 11) is 0. The van der Waals surface area contributed by atoms with E-state index in [2.05, 4.69) is 10.3 Å². The van der Waals surface area contributed by atoms with Crippen LogP contribution in [0.1, 0.15) is 29.6 Å². The number of carbonyl (C=O) groups is 1. The zero-order valence-electron chi connectivity index (χ0n) is 8.95. The van der Waals surface area contributed by atoms with Crippen molar-refractivity contribution in [2.24, 2.45) is 5.73 Å². The van der Waals surface area contributed by atoms with Crippen molar-refractivity contribution in [3.05, 3.63) is 34.2 Å². The lowest BCUT2D eigenvalue weighted by molar-refractivity contribution is 0.0929. The quantitative estimate of drug-likeness (QED) is 0.670. The topological polar surface area (TPSA) is 88.0 Å². The largest absolute Gasteiger partial charge is 0.350 e. The molecule has 1 saturated carbocycles. The van der Waals surface area contributed by atoms with Gasteiger partial charge < -0.3 is 16.0 Å². The lowest BCUT2D eigenvalue weighted by atomic mass is 9.78.